The molecular weight excluding hydrogens is 306 g/mol. The molecule has 1 aromatic carbocycles. The SMILES string of the molecule is CCOC(=O)c1[nH]c(C#Cc2ccccc2)c(C(=O)OCC)c1C. The summed E-state index contributed by atoms with van der Waals surface area (Å²) in [5, 5.41) is 0. The van der Waals surface area contributed by atoms with E-state index in [1.165, 1.54) is 0 Å². The molecule has 0 bridgehead atoms. The summed E-state index contributed by atoms with van der Waals surface area (Å²) in [5.41, 5.74) is 2.11. The number of carbonyl (C=O) groups excluding carboxylic acids is 2. The fraction of sp³-hybridized carbons (Fsp3) is 0.263. The van der Waals surface area contributed by atoms with E-state index < -0.39 is 11.9 Å². The first-order valence-electron chi connectivity index (χ1n) is 7.72. The van der Waals surface area contributed by atoms with Gasteiger partial charge in [-0.2, -0.15) is 0 Å². The van der Waals surface area contributed by atoms with Crippen molar-refractivity contribution in [1.29, 1.82) is 0 Å². The summed E-state index contributed by atoms with van der Waals surface area (Å²) >= 11 is 0. The summed E-state index contributed by atoms with van der Waals surface area (Å²) < 4.78 is 10.1. The van der Waals surface area contributed by atoms with Gasteiger partial charge in [0.05, 0.1) is 18.8 Å². The molecule has 0 atom stereocenters. The van der Waals surface area contributed by atoms with E-state index in [0.717, 1.165) is 5.56 Å². The smallest absolute Gasteiger partial charge is 0.355 e. The molecule has 0 radical (unpaired) electrons. The lowest BCUT2D eigenvalue weighted by molar-refractivity contribution is 0.0518. The molecule has 0 spiro atoms. The molecule has 0 unspecified atom stereocenters. The number of nitrogens with one attached hydrogen (secondary N) is 1. The summed E-state index contributed by atoms with van der Waals surface area (Å²) in [5.74, 6) is 4.85. The zero-order valence-electron chi connectivity index (χ0n) is 13.9. The van der Waals surface area contributed by atoms with Crippen LogP contribution in [-0.4, -0.2) is 30.1 Å². The maximum atomic E-state index is 12.2. The van der Waals surface area contributed by atoms with Gasteiger partial charge in [0, 0.05) is 5.56 Å². The largest absolute Gasteiger partial charge is 0.462 e. The van der Waals surface area contributed by atoms with E-state index in [4.69, 9.17) is 9.47 Å². The number of H-pyrrole nitrogens is 1. The fourth-order valence-corrected chi connectivity index (χ4v) is 2.21. The highest BCUT2D eigenvalue weighted by atomic mass is 16.5. The number of hydrogen-bond acceptors (Lipinski definition) is 4. The van der Waals surface area contributed by atoms with Crippen LogP contribution in [0.5, 0.6) is 0 Å². The number of aromatic nitrogens is 1. The van der Waals surface area contributed by atoms with Crippen LogP contribution in [-0.2, 0) is 9.47 Å². The molecule has 2 rings (SSSR count). The lowest BCUT2D eigenvalue weighted by atomic mass is 10.1. The summed E-state index contributed by atoms with van der Waals surface area (Å²) in [6, 6.07) is 9.37. The Labute approximate surface area is 141 Å². The minimum Gasteiger partial charge on any atom is -0.462 e. The Kier molecular flexibility index (Phi) is 5.80. The molecule has 1 N–H and O–H groups in total. The Morgan fingerprint density at radius 3 is 2.25 bits per heavy atom. The third kappa shape index (κ3) is 3.85. The molecule has 0 saturated carbocycles. The first-order valence-corrected chi connectivity index (χ1v) is 7.72. The molecule has 0 aliphatic rings. The van der Waals surface area contributed by atoms with Gasteiger partial charge in [-0.15, -0.1) is 0 Å². The highest BCUT2D eigenvalue weighted by Gasteiger charge is 2.24. The van der Waals surface area contributed by atoms with Crippen molar-refractivity contribution >= 4 is 11.9 Å². The van der Waals surface area contributed by atoms with Crippen molar-refractivity contribution in [2.45, 2.75) is 20.8 Å². The average Bonchev–Trinajstić information content (AvgIpc) is 2.91. The third-order valence-corrected chi connectivity index (χ3v) is 3.31. The van der Waals surface area contributed by atoms with Crippen molar-refractivity contribution in [1.82, 2.24) is 4.98 Å². The van der Waals surface area contributed by atoms with Crippen molar-refractivity contribution in [2.24, 2.45) is 0 Å². The minimum absolute atomic E-state index is 0.220. The van der Waals surface area contributed by atoms with E-state index in [0.29, 0.717) is 11.3 Å². The van der Waals surface area contributed by atoms with Crippen LogP contribution in [0.3, 0.4) is 0 Å². The second-order valence-corrected chi connectivity index (χ2v) is 4.93. The number of rotatable bonds is 4. The summed E-state index contributed by atoms with van der Waals surface area (Å²) in [6.45, 7) is 5.60. The van der Waals surface area contributed by atoms with Gasteiger partial charge in [0.25, 0.3) is 0 Å². The van der Waals surface area contributed by atoms with Gasteiger partial charge in [-0.25, -0.2) is 9.59 Å². The van der Waals surface area contributed by atoms with Crippen molar-refractivity contribution in [3.63, 3.8) is 0 Å². The number of ether oxygens (including phenoxy) is 2. The van der Waals surface area contributed by atoms with Gasteiger partial charge in [-0.3, -0.25) is 0 Å². The average molecular weight is 325 g/mol. The lowest BCUT2D eigenvalue weighted by Gasteiger charge is -2.02. The quantitative estimate of drug-likeness (QED) is 0.693. The maximum absolute atomic E-state index is 12.2. The van der Waals surface area contributed by atoms with Crippen LogP contribution >= 0.6 is 0 Å². The Balaban J connectivity index is 2.49. The summed E-state index contributed by atoms with van der Waals surface area (Å²) in [6.07, 6.45) is 0. The molecule has 0 aliphatic carbocycles. The molecule has 0 amide bonds. The van der Waals surface area contributed by atoms with Crippen LogP contribution in [0.4, 0.5) is 0 Å². The van der Waals surface area contributed by atoms with Gasteiger partial charge in [0.1, 0.15) is 11.4 Å². The zero-order valence-corrected chi connectivity index (χ0v) is 13.9. The van der Waals surface area contributed by atoms with Gasteiger partial charge in [0.2, 0.25) is 0 Å². The predicted octanol–water partition coefficient (Wildman–Crippen LogP) is 3.08. The molecule has 0 fully saturated rings. The summed E-state index contributed by atoms with van der Waals surface area (Å²) in [7, 11) is 0. The number of carbonyl (C=O) groups is 2. The second kappa shape index (κ2) is 8.02. The van der Waals surface area contributed by atoms with E-state index >= 15 is 0 Å². The lowest BCUT2D eigenvalue weighted by Crippen LogP contribution is -2.09. The van der Waals surface area contributed by atoms with Crippen LogP contribution in [0.15, 0.2) is 30.3 Å². The molecule has 24 heavy (non-hydrogen) atoms. The normalized spacial score (nSPS) is 9.79. The Morgan fingerprint density at radius 1 is 1.00 bits per heavy atom. The van der Waals surface area contributed by atoms with E-state index in [9.17, 15) is 9.59 Å². The zero-order chi connectivity index (χ0) is 17.5. The predicted molar refractivity (Wildman–Crippen MR) is 89.9 cm³/mol. The molecule has 2 aromatic rings. The number of aromatic amines is 1. The van der Waals surface area contributed by atoms with Crippen LogP contribution in [0, 0.1) is 18.8 Å². The van der Waals surface area contributed by atoms with Crippen LogP contribution < -0.4 is 0 Å². The molecule has 124 valence electrons. The van der Waals surface area contributed by atoms with Gasteiger partial charge < -0.3 is 14.5 Å². The van der Waals surface area contributed by atoms with Gasteiger partial charge in [0.15, 0.2) is 0 Å². The number of benzene rings is 1. The topological polar surface area (TPSA) is 68.4 Å². The first kappa shape index (κ1) is 17.4. The van der Waals surface area contributed by atoms with Crippen LogP contribution in [0.25, 0.3) is 0 Å². The van der Waals surface area contributed by atoms with Crippen molar-refractivity contribution in [3.8, 4) is 11.8 Å². The monoisotopic (exact) mass is 325 g/mol. The highest BCUT2D eigenvalue weighted by Crippen LogP contribution is 2.20. The van der Waals surface area contributed by atoms with E-state index in [1.54, 1.807) is 20.8 Å². The standard InChI is InChI=1S/C19H19NO4/c1-4-23-18(21)16-13(3)17(19(22)24-5-2)20-15(16)12-11-14-9-7-6-8-10-14/h6-10,20H,4-5H2,1-3H3. The molecule has 1 heterocycles. The van der Waals surface area contributed by atoms with Gasteiger partial charge in [-0.1, -0.05) is 24.1 Å². The Hall–Kier alpha value is -3.00. The minimum atomic E-state index is -0.520. The van der Waals surface area contributed by atoms with Gasteiger partial charge >= 0.3 is 11.9 Å². The second-order valence-electron chi connectivity index (χ2n) is 4.93. The first-order chi connectivity index (χ1) is 11.6. The van der Waals surface area contributed by atoms with E-state index in [-0.39, 0.29) is 24.5 Å². The van der Waals surface area contributed by atoms with Crippen LogP contribution in [0.2, 0.25) is 0 Å². The highest BCUT2D eigenvalue weighted by molar-refractivity contribution is 5.99. The number of hydrogen-bond donors (Lipinski definition) is 1. The van der Waals surface area contributed by atoms with Crippen molar-refractivity contribution in [2.75, 3.05) is 13.2 Å². The molecular formula is C19H19NO4. The molecule has 1 aromatic heterocycles. The molecule has 0 saturated heterocycles. The molecule has 0 aliphatic heterocycles. The molecule has 5 heteroatoms. The fourth-order valence-electron chi connectivity index (χ4n) is 2.21. The summed E-state index contributed by atoms with van der Waals surface area (Å²) in [4.78, 5) is 27.2. The Morgan fingerprint density at radius 2 is 1.62 bits per heavy atom. The molecule has 5 nitrogen and oxygen atoms in total. The van der Waals surface area contributed by atoms with E-state index in [1.807, 2.05) is 30.3 Å². The van der Waals surface area contributed by atoms with Crippen molar-refractivity contribution in [3.05, 3.63) is 58.4 Å². The number of esters is 2. The maximum Gasteiger partial charge on any atom is 0.355 e. The van der Waals surface area contributed by atoms with Crippen molar-refractivity contribution < 1.29 is 19.1 Å². The Bertz CT molecular complexity index is 794. The van der Waals surface area contributed by atoms with E-state index in [2.05, 4.69) is 16.8 Å². The van der Waals surface area contributed by atoms with Crippen LogP contribution in [0.1, 0.15) is 51.5 Å². The van der Waals surface area contributed by atoms with Gasteiger partial charge in [-0.05, 0) is 44.4 Å². The third-order valence-electron chi connectivity index (χ3n) is 3.31.